The Labute approximate surface area is 148 Å². The van der Waals surface area contributed by atoms with Crippen molar-refractivity contribution in [1.29, 1.82) is 0 Å². The maximum atomic E-state index is 13.6. The van der Waals surface area contributed by atoms with Crippen molar-refractivity contribution in [3.05, 3.63) is 59.8 Å². The van der Waals surface area contributed by atoms with E-state index in [1.165, 1.54) is 25.3 Å². The molecule has 1 atom stereocenters. The summed E-state index contributed by atoms with van der Waals surface area (Å²) in [7, 11) is 0. The normalized spacial score (nSPS) is 16.5. The molecule has 0 bridgehead atoms. The Morgan fingerprint density at radius 1 is 1.16 bits per heavy atom. The van der Waals surface area contributed by atoms with Gasteiger partial charge in [-0.3, -0.25) is 9.69 Å². The van der Waals surface area contributed by atoms with Crippen LogP contribution in [0.15, 0.2) is 47.1 Å². The van der Waals surface area contributed by atoms with Crippen LogP contribution in [-0.4, -0.2) is 30.4 Å². The molecule has 134 valence electrons. The molecule has 1 aliphatic heterocycles. The van der Waals surface area contributed by atoms with Crippen molar-refractivity contribution in [2.45, 2.75) is 38.1 Å². The fourth-order valence-electron chi connectivity index (χ4n) is 3.37. The molecule has 1 saturated heterocycles. The molecule has 5 heteroatoms. The van der Waals surface area contributed by atoms with Crippen LogP contribution in [0.5, 0.6) is 0 Å². The topological polar surface area (TPSA) is 45.5 Å². The zero-order chi connectivity index (χ0) is 17.5. The van der Waals surface area contributed by atoms with Crippen molar-refractivity contribution >= 4 is 5.91 Å². The summed E-state index contributed by atoms with van der Waals surface area (Å²) in [6, 6.07) is 10.5. The number of carbonyl (C=O) groups excluding carboxylic acids is 1. The van der Waals surface area contributed by atoms with E-state index in [2.05, 4.69) is 10.2 Å². The van der Waals surface area contributed by atoms with Crippen molar-refractivity contribution in [2.24, 2.45) is 0 Å². The van der Waals surface area contributed by atoms with Gasteiger partial charge in [-0.2, -0.15) is 0 Å². The summed E-state index contributed by atoms with van der Waals surface area (Å²) in [4.78, 5) is 14.6. The van der Waals surface area contributed by atoms with E-state index in [0.717, 1.165) is 18.8 Å². The Morgan fingerprint density at radius 2 is 1.96 bits per heavy atom. The Hall–Kier alpha value is -2.14. The van der Waals surface area contributed by atoms with Crippen molar-refractivity contribution in [2.75, 3.05) is 19.6 Å². The Morgan fingerprint density at radius 3 is 2.68 bits per heavy atom. The van der Waals surface area contributed by atoms with Gasteiger partial charge in [-0.25, -0.2) is 4.39 Å². The lowest BCUT2D eigenvalue weighted by atomic mass is 10.1. The highest BCUT2D eigenvalue weighted by atomic mass is 19.1. The molecular weight excluding hydrogens is 319 g/mol. The third-order valence-corrected chi connectivity index (χ3v) is 4.77. The van der Waals surface area contributed by atoms with Gasteiger partial charge in [-0.05, 0) is 56.1 Å². The summed E-state index contributed by atoms with van der Waals surface area (Å²) < 4.78 is 19.2. The van der Waals surface area contributed by atoms with Gasteiger partial charge in [-0.15, -0.1) is 0 Å². The number of piperidine rings is 1. The van der Waals surface area contributed by atoms with Crippen LogP contribution < -0.4 is 5.32 Å². The van der Waals surface area contributed by atoms with Crippen LogP contribution in [-0.2, 0) is 11.2 Å². The smallest absolute Gasteiger partial charge is 0.220 e. The van der Waals surface area contributed by atoms with Gasteiger partial charge in [0.15, 0.2) is 0 Å². The van der Waals surface area contributed by atoms with Crippen molar-refractivity contribution < 1.29 is 13.6 Å². The number of aryl methyl sites for hydroxylation is 1. The van der Waals surface area contributed by atoms with E-state index in [4.69, 9.17) is 4.42 Å². The van der Waals surface area contributed by atoms with E-state index in [1.54, 1.807) is 24.5 Å². The quantitative estimate of drug-likeness (QED) is 0.833. The van der Waals surface area contributed by atoms with Crippen LogP contribution in [0.1, 0.15) is 43.0 Å². The average molecular weight is 344 g/mol. The summed E-state index contributed by atoms with van der Waals surface area (Å²) in [6.45, 7) is 2.57. The molecule has 1 fully saturated rings. The predicted molar refractivity (Wildman–Crippen MR) is 94.6 cm³/mol. The number of likely N-dealkylation sites (tertiary alicyclic amines) is 1. The standard InChI is InChI=1S/C20H25FN2O2/c21-17-8-3-2-7-16(17)10-11-20(24)22-15-18(19-9-6-14-25-19)23-12-4-1-5-13-23/h2-3,6-9,14,18H,1,4-5,10-13,15H2,(H,22,24). The first-order valence-corrected chi connectivity index (χ1v) is 9.01. The minimum Gasteiger partial charge on any atom is -0.468 e. The van der Waals surface area contributed by atoms with Gasteiger partial charge in [0.05, 0.1) is 12.3 Å². The van der Waals surface area contributed by atoms with Crippen LogP contribution >= 0.6 is 0 Å². The highest BCUT2D eigenvalue weighted by Gasteiger charge is 2.24. The van der Waals surface area contributed by atoms with Gasteiger partial charge in [0.25, 0.3) is 0 Å². The minimum atomic E-state index is -0.253. The summed E-state index contributed by atoms with van der Waals surface area (Å²) in [5.41, 5.74) is 0.580. The first kappa shape index (κ1) is 17.7. The van der Waals surface area contributed by atoms with E-state index in [0.29, 0.717) is 18.5 Å². The number of halogens is 1. The van der Waals surface area contributed by atoms with E-state index < -0.39 is 0 Å². The number of furan rings is 1. The van der Waals surface area contributed by atoms with Crippen molar-refractivity contribution in [3.63, 3.8) is 0 Å². The molecular formula is C20H25FN2O2. The van der Waals surface area contributed by atoms with Crippen LogP contribution in [0.4, 0.5) is 4.39 Å². The van der Waals surface area contributed by atoms with Gasteiger partial charge < -0.3 is 9.73 Å². The molecule has 2 heterocycles. The number of nitrogens with one attached hydrogen (secondary N) is 1. The van der Waals surface area contributed by atoms with Crippen molar-refractivity contribution in [3.8, 4) is 0 Å². The average Bonchev–Trinajstić information content (AvgIpc) is 3.16. The third kappa shape index (κ3) is 4.92. The van der Waals surface area contributed by atoms with Gasteiger partial charge >= 0.3 is 0 Å². The highest BCUT2D eigenvalue weighted by molar-refractivity contribution is 5.76. The number of benzene rings is 1. The predicted octanol–water partition coefficient (Wildman–Crippen LogP) is 3.69. The Balaban J connectivity index is 1.53. The van der Waals surface area contributed by atoms with Gasteiger partial charge in [0.2, 0.25) is 5.91 Å². The summed E-state index contributed by atoms with van der Waals surface area (Å²) in [5, 5.41) is 2.99. The van der Waals surface area contributed by atoms with Crippen LogP contribution in [0.2, 0.25) is 0 Å². The summed E-state index contributed by atoms with van der Waals surface area (Å²) in [6.07, 6.45) is 5.99. The second-order valence-electron chi connectivity index (χ2n) is 6.52. The maximum Gasteiger partial charge on any atom is 0.220 e. The first-order valence-electron chi connectivity index (χ1n) is 9.01. The van der Waals surface area contributed by atoms with Crippen LogP contribution in [0, 0.1) is 5.82 Å². The highest BCUT2D eigenvalue weighted by Crippen LogP contribution is 2.24. The largest absolute Gasteiger partial charge is 0.468 e. The molecule has 4 nitrogen and oxygen atoms in total. The number of hydrogen-bond acceptors (Lipinski definition) is 3. The Bertz CT molecular complexity index is 666. The van der Waals surface area contributed by atoms with Gasteiger partial charge in [-0.1, -0.05) is 24.6 Å². The number of nitrogens with zero attached hydrogens (tertiary/aromatic N) is 1. The van der Waals surface area contributed by atoms with E-state index >= 15 is 0 Å². The first-order chi connectivity index (χ1) is 12.2. The van der Waals surface area contributed by atoms with Crippen LogP contribution in [0.25, 0.3) is 0 Å². The molecule has 25 heavy (non-hydrogen) atoms. The van der Waals surface area contributed by atoms with Crippen LogP contribution in [0.3, 0.4) is 0 Å². The third-order valence-electron chi connectivity index (χ3n) is 4.77. The van der Waals surface area contributed by atoms with Gasteiger partial charge in [0, 0.05) is 13.0 Å². The molecule has 1 aromatic heterocycles. The monoisotopic (exact) mass is 344 g/mol. The molecule has 3 rings (SSSR count). The molecule has 0 saturated carbocycles. The molecule has 1 aliphatic rings. The molecule has 0 spiro atoms. The SMILES string of the molecule is O=C(CCc1ccccc1F)NCC(c1ccco1)N1CCCCC1. The maximum absolute atomic E-state index is 13.6. The second-order valence-corrected chi connectivity index (χ2v) is 6.52. The van der Waals surface area contributed by atoms with E-state index in [9.17, 15) is 9.18 Å². The molecule has 1 aromatic carbocycles. The number of rotatable bonds is 7. The number of hydrogen-bond donors (Lipinski definition) is 1. The summed E-state index contributed by atoms with van der Waals surface area (Å²) >= 11 is 0. The summed E-state index contributed by atoms with van der Waals surface area (Å²) in [5.74, 6) is 0.574. The van der Waals surface area contributed by atoms with Crippen molar-refractivity contribution in [1.82, 2.24) is 10.2 Å². The fourth-order valence-corrected chi connectivity index (χ4v) is 3.37. The van der Waals surface area contributed by atoms with Gasteiger partial charge in [0.1, 0.15) is 11.6 Å². The number of amides is 1. The molecule has 2 aromatic rings. The van der Waals surface area contributed by atoms with E-state index in [-0.39, 0.29) is 24.2 Å². The molecule has 1 amide bonds. The minimum absolute atomic E-state index is 0.0585. The van der Waals surface area contributed by atoms with E-state index in [1.807, 2.05) is 12.1 Å². The second kappa shape index (κ2) is 8.81. The lowest BCUT2D eigenvalue weighted by molar-refractivity contribution is -0.121. The fraction of sp³-hybridized carbons (Fsp3) is 0.450. The molecule has 1 unspecified atom stereocenters. The lowest BCUT2D eigenvalue weighted by Crippen LogP contribution is -2.40. The molecule has 1 N–H and O–H groups in total. The zero-order valence-corrected chi connectivity index (χ0v) is 14.4. The lowest BCUT2D eigenvalue weighted by Gasteiger charge is -2.33. The number of carbonyl (C=O) groups is 1. The molecule has 0 radical (unpaired) electrons. The molecule has 0 aliphatic carbocycles. The Kier molecular flexibility index (Phi) is 6.23. The zero-order valence-electron chi connectivity index (χ0n) is 14.4.